The van der Waals surface area contributed by atoms with Gasteiger partial charge in [-0.2, -0.15) is 0 Å². The molecule has 1 aliphatic heterocycles. The van der Waals surface area contributed by atoms with Gasteiger partial charge in [0, 0.05) is 12.5 Å². The SMILES string of the molecule is CC1(C)CCCC1C(=O)N1CCOCC1C(=O)O. The quantitative estimate of drug-likeness (QED) is 0.803. The van der Waals surface area contributed by atoms with Gasteiger partial charge in [-0.3, -0.25) is 4.79 Å². The third kappa shape index (κ3) is 2.36. The van der Waals surface area contributed by atoms with E-state index in [-0.39, 0.29) is 23.8 Å². The van der Waals surface area contributed by atoms with Crippen LogP contribution in [0, 0.1) is 11.3 Å². The first-order chi connectivity index (χ1) is 8.43. The van der Waals surface area contributed by atoms with Gasteiger partial charge in [0.05, 0.1) is 13.2 Å². The van der Waals surface area contributed by atoms with Gasteiger partial charge in [0.2, 0.25) is 5.91 Å². The lowest BCUT2D eigenvalue weighted by Gasteiger charge is -2.37. The average Bonchev–Trinajstić information content (AvgIpc) is 2.68. The maximum atomic E-state index is 12.5. The summed E-state index contributed by atoms with van der Waals surface area (Å²) in [6.07, 6.45) is 2.95. The van der Waals surface area contributed by atoms with Gasteiger partial charge in [0.1, 0.15) is 0 Å². The lowest BCUT2D eigenvalue weighted by atomic mass is 9.81. The first-order valence-corrected chi connectivity index (χ1v) is 6.54. The molecule has 1 saturated carbocycles. The maximum Gasteiger partial charge on any atom is 0.328 e. The van der Waals surface area contributed by atoms with Crippen LogP contribution >= 0.6 is 0 Å². The molecule has 0 aromatic carbocycles. The van der Waals surface area contributed by atoms with Crippen LogP contribution in [0.5, 0.6) is 0 Å². The van der Waals surface area contributed by atoms with E-state index in [1.54, 1.807) is 0 Å². The van der Waals surface area contributed by atoms with Gasteiger partial charge >= 0.3 is 5.97 Å². The Kier molecular flexibility index (Phi) is 3.61. The number of hydrogen-bond acceptors (Lipinski definition) is 3. The van der Waals surface area contributed by atoms with E-state index in [1.165, 1.54) is 4.90 Å². The first kappa shape index (κ1) is 13.3. The van der Waals surface area contributed by atoms with Gasteiger partial charge < -0.3 is 14.7 Å². The number of rotatable bonds is 2. The zero-order valence-corrected chi connectivity index (χ0v) is 11.0. The number of aliphatic carboxylic acids is 1. The molecule has 1 heterocycles. The molecule has 0 spiro atoms. The number of morpholine rings is 1. The molecule has 102 valence electrons. The number of carbonyl (C=O) groups is 2. The van der Waals surface area contributed by atoms with E-state index < -0.39 is 12.0 Å². The van der Waals surface area contributed by atoms with Crippen LogP contribution in [-0.2, 0) is 14.3 Å². The van der Waals surface area contributed by atoms with Gasteiger partial charge in [0.15, 0.2) is 6.04 Å². The normalized spacial score (nSPS) is 31.3. The Morgan fingerprint density at radius 3 is 2.67 bits per heavy atom. The molecule has 0 aromatic heterocycles. The fourth-order valence-electron chi connectivity index (χ4n) is 3.06. The number of amides is 1. The van der Waals surface area contributed by atoms with E-state index in [9.17, 15) is 9.59 Å². The van der Waals surface area contributed by atoms with E-state index in [2.05, 4.69) is 13.8 Å². The van der Waals surface area contributed by atoms with Crippen LogP contribution in [-0.4, -0.2) is 47.7 Å². The first-order valence-electron chi connectivity index (χ1n) is 6.54. The van der Waals surface area contributed by atoms with Gasteiger partial charge in [-0.25, -0.2) is 4.79 Å². The summed E-state index contributed by atoms with van der Waals surface area (Å²) in [6, 6.07) is -0.817. The van der Waals surface area contributed by atoms with Crippen LogP contribution in [0.4, 0.5) is 0 Å². The predicted octanol–water partition coefficient (Wildman–Crippen LogP) is 1.12. The molecular formula is C13H21NO4. The molecule has 2 unspecified atom stereocenters. The van der Waals surface area contributed by atoms with Crippen molar-refractivity contribution in [2.24, 2.45) is 11.3 Å². The minimum absolute atomic E-state index is 0.00630. The maximum absolute atomic E-state index is 12.5. The lowest BCUT2D eigenvalue weighted by Crippen LogP contribution is -2.55. The van der Waals surface area contributed by atoms with Crippen molar-refractivity contribution in [3.8, 4) is 0 Å². The summed E-state index contributed by atoms with van der Waals surface area (Å²) in [5.41, 5.74) is -0.0154. The molecule has 2 fully saturated rings. The molecule has 2 aliphatic rings. The average molecular weight is 255 g/mol. The van der Waals surface area contributed by atoms with Crippen LogP contribution in [0.3, 0.4) is 0 Å². The van der Waals surface area contributed by atoms with Crippen molar-refractivity contribution in [3.05, 3.63) is 0 Å². The molecule has 0 aromatic rings. The summed E-state index contributed by atoms with van der Waals surface area (Å²) in [7, 11) is 0. The standard InChI is InChI=1S/C13H21NO4/c1-13(2)5-3-4-9(13)11(15)14-6-7-18-8-10(14)12(16)17/h9-10H,3-8H2,1-2H3,(H,16,17). The monoisotopic (exact) mass is 255 g/mol. The Morgan fingerprint density at radius 1 is 1.39 bits per heavy atom. The van der Waals surface area contributed by atoms with Crippen molar-refractivity contribution in [2.45, 2.75) is 39.2 Å². The topological polar surface area (TPSA) is 66.8 Å². The van der Waals surface area contributed by atoms with E-state index in [0.29, 0.717) is 13.2 Å². The molecule has 1 N–H and O–H groups in total. The minimum atomic E-state index is -0.973. The second-order valence-corrected chi connectivity index (χ2v) is 5.89. The van der Waals surface area contributed by atoms with Crippen molar-refractivity contribution in [1.82, 2.24) is 4.90 Å². The molecule has 2 atom stereocenters. The zero-order valence-electron chi connectivity index (χ0n) is 11.0. The van der Waals surface area contributed by atoms with Crippen LogP contribution < -0.4 is 0 Å². The molecule has 1 saturated heterocycles. The highest BCUT2D eigenvalue weighted by Gasteiger charge is 2.44. The van der Waals surface area contributed by atoms with Crippen LogP contribution in [0.25, 0.3) is 0 Å². The number of ether oxygens (including phenoxy) is 1. The highest BCUT2D eigenvalue weighted by molar-refractivity contribution is 5.86. The molecule has 18 heavy (non-hydrogen) atoms. The second-order valence-electron chi connectivity index (χ2n) is 5.89. The third-order valence-corrected chi connectivity index (χ3v) is 4.25. The minimum Gasteiger partial charge on any atom is -0.480 e. The highest BCUT2D eigenvalue weighted by Crippen LogP contribution is 2.43. The Hall–Kier alpha value is -1.10. The fourth-order valence-corrected chi connectivity index (χ4v) is 3.06. The number of carboxylic acids is 1. The fraction of sp³-hybridized carbons (Fsp3) is 0.846. The van der Waals surface area contributed by atoms with Crippen molar-refractivity contribution < 1.29 is 19.4 Å². The van der Waals surface area contributed by atoms with E-state index >= 15 is 0 Å². The van der Waals surface area contributed by atoms with Crippen molar-refractivity contribution in [1.29, 1.82) is 0 Å². The highest BCUT2D eigenvalue weighted by atomic mass is 16.5. The Morgan fingerprint density at radius 2 is 2.11 bits per heavy atom. The Balaban J connectivity index is 2.13. The number of carbonyl (C=O) groups excluding carboxylic acids is 1. The number of hydrogen-bond donors (Lipinski definition) is 1. The van der Waals surface area contributed by atoms with Crippen LogP contribution in [0.2, 0.25) is 0 Å². The third-order valence-electron chi connectivity index (χ3n) is 4.25. The number of carboxylic acid groups (broad SMARTS) is 1. The summed E-state index contributed by atoms with van der Waals surface area (Å²) >= 11 is 0. The van der Waals surface area contributed by atoms with Gasteiger partial charge in [-0.15, -0.1) is 0 Å². The van der Waals surface area contributed by atoms with Gasteiger partial charge in [-0.05, 0) is 18.3 Å². The number of nitrogens with zero attached hydrogens (tertiary/aromatic N) is 1. The molecule has 1 aliphatic carbocycles. The van der Waals surface area contributed by atoms with Crippen molar-refractivity contribution in [3.63, 3.8) is 0 Å². The van der Waals surface area contributed by atoms with E-state index in [4.69, 9.17) is 9.84 Å². The molecule has 2 rings (SSSR count). The molecule has 5 heteroatoms. The van der Waals surface area contributed by atoms with Crippen LogP contribution in [0.15, 0.2) is 0 Å². The van der Waals surface area contributed by atoms with Crippen molar-refractivity contribution in [2.75, 3.05) is 19.8 Å². The predicted molar refractivity (Wildman–Crippen MR) is 65.1 cm³/mol. The Labute approximate surface area is 107 Å². The summed E-state index contributed by atoms with van der Waals surface area (Å²) in [5.74, 6) is -1.02. The summed E-state index contributed by atoms with van der Waals surface area (Å²) in [5, 5.41) is 9.16. The molecule has 5 nitrogen and oxygen atoms in total. The van der Waals surface area contributed by atoms with E-state index in [0.717, 1.165) is 19.3 Å². The molecule has 1 amide bonds. The summed E-state index contributed by atoms with van der Waals surface area (Å²) in [6.45, 7) is 5.12. The van der Waals surface area contributed by atoms with Crippen molar-refractivity contribution >= 4 is 11.9 Å². The molecular weight excluding hydrogens is 234 g/mol. The smallest absolute Gasteiger partial charge is 0.328 e. The van der Waals surface area contributed by atoms with Gasteiger partial charge in [-0.1, -0.05) is 20.3 Å². The summed E-state index contributed by atoms with van der Waals surface area (Å²) < 4.78 is 5.16. The zero-order chi connectivity index (χ0) is 13.3. The summed E-state index contributed by atoms with van der Waals surface area (Å²) in [4.78, 5) is 25.2. The molecule has 0 radical (unpaired) electrons. The van der Waals surface area contributed by atoms with Crippen LogP contribution in [0.1, 0.15) is 33.1 Å². The lowest BCUT2D eigenvalue weighted by molar-refractivity contribution is -0.161. The van der Waals surface area contributed by atoms with Gasteiger partial charge in [0.25, 0.3) is 0 Å². The van der Waals surface area contributed by atoms with E-state index in [1.807, 2.05) is 0 Å². The largest absolute Gasteiger partial charge is 0.480 e. The second kappa shape index (κ2) is 4.88. The Bertz CT molecular complexity index is 353. The molecule has 0 bridgehead atoms.